The molecule has 0 aliphatic carbocycles. The predicted molar refractivity (Wildman–Crippen MR) is 155 cm³/mol. The monoisotopic (exact) mass is 681 g/mol. The van der Waals surface area contributed by atoms with Crippen molar-refractivity contribution < 1.29 is 74.1 Å². The summed E-state index contributed by atoms with van der Waals surface area (Å²) in [5.74, 6) is 0. The molecule has 0 unspecified atom stereocenters. The molecule has 0 saturated carbocycles. The molecule has 0 aliphatic heterocycles. The van der Waals surface area contributed by atoms with Crippen LogP contribution in [-0.4, -0.2) is 54.3 Å². The second kappa shape index (κ2) is 32.8. The Kier molecular flexibility index (Phi) is 39.2. The Labute approximate surface area is 255 Å². The van der Waals surface area contributed by atoms with Gasteiger partial charge in [-0.25, -0.2) is 13.7 Å². The summed E-state index contributed by atoms with van der Waals surface area (Å²) in [6.45, 7) is 13.7. The van der Waals surface area contributed by atoms with Gasteiger partial charge in [0.25, 0.3) is 0 Å². The SMILES string of the molecule is CCCCOP(=O)(O)OCCCC.CCCCOP(=O)(O)OCCCC.CCCCOP(=O)(O)OCCCC.[V]. The first-order valence-electron chi connectivity index (χ1n) is 14.2. The summed E-state index contributed by atoms with van der Waals surface area (Å²) in [7, 11) is -11.3. The van der Waals surface area contributed by atoms with Crippen molar-refractivity contribution in [3.8, 4) is 0 Å². The van der Waals surface area contributed by atoms with Gasteiger partial charge >= 0.3 is 23.5 Å². The average Bonchev–Trinajstić information content (AvgIpc) is 2.85. The van der Waals surface area contributed by atoms with Crippen LogP contribution >= 0.6 is 23.5 Å². The van der Waals surface area contributed by atoms with Gasteiger partial charge < -0.3 is 14.7 Å². The van der Waals surface area contributed by atoms with Crippen molar-refractivity contribution >= 4 is 23.5 Å². The van der Waals surface area contributed by atoms with E-state index in [-0.39, 0.29) is 58.2 Å². The minimum Gasteiger partial charge on any atom is -0.302 e. The fourth-order valence-electron chi connectivity index (χ4n) is 2.06. The Morgan fingerprint density at radius 1 is 0.375 bits per heavy atom. The van der Waals surface area contributed by atoms with Crippen molar-refractivity contribution in [1.82, 2.24) is 0 Å². The van der Waals surface area contributed by atoms with Crippen LogP contribution in [0, 0.1) is 0 Å². The van der Waals surface area contributed by atoms with E-state index in [1.54, 1.807) is 0 Å². The normalized spacial score (nSPS) is 11.6. The number of phosphoric ester groups is 3. The molecular weight excluding hydrogens is 624 g/mol. The molecular formula is C24H57O12P3V. The van der Waals surface area contributed by atoms with Crippen LogP contribution in [0.5, 0.6) is 0 Å². The molecule has 0 aromatic heterocycles. The maximum Gasteiger partial charge on any atom is 0.472 e. The second-order valence-electron chi connectivity index (χ2n) is 8.53. The first kappa shape index (κ1) is 47.8. The molecule has 0 atom stereocenters. The Hall–Kier alpha value is 0.914. The van der Waals surface area contributed by atoms with Crippen molar-refractivity contribution in [2.24, 2.45) is 0 Å². The molecule has 1 radical (unpaired) electrons. The summed E-state index contributed by atoms with van der Waals surface area (Å²) >= 11 is 0. The van der Waals surface area contributed by atoms with E-state index in [0.29, 0.717) is 0 Å². The Balaban J connectivity index is -0.000000240. The molecule has 12 nitrogen and oxygen atoms in total. The van der Waals surface area contributed by atoms with E-state index in [2.05, 4.69) is 0 Å². The maximum atomic E-state index is 11.1. The molecule has 0 saturated heterocycles. The van der Waals surface area contributed by atoms with Crippen LogP contribution in [0.1, 0.15) is 119 Å². The zero-order chi connectivity index (χ0) is 30.5. The molecule has 0 spiro atoms. The van der Waals surface area contributed by atoms with Crippen molar-refractivity contribution in [2.75, 3.05) is 39.6 Å². The second-order valence-corrected chi connectivity index (χ2v) is 12.9. The summed E-state index contributed by atoms with van der Waals surface area (Å²) in [6, 6.07) is 0. The van der Waals surface area contributed by atoms with Gasteiger partial charge in [-0.05, 0) is 38.5 Å². The smallest absolute Gasteiger partial charge is 0.302 e. The Bertz CT molecular complexity index is 531. The average molecular weight is 682 g/mol. The minimum absolute atomic E-state index is 0. The molecule has 0 aliphatic rings. The van der Waals surface area contributed by atoms with Crippen LogP contribution < -0.4 is 0 Å². The standard InChI is InChI=1S/3C8H19O4P.V/c3*1-3-5-7-11-13(9,10)12-8-6-4-2;/h3*3-8H2,1-2H3,(H,9,10);. The van der Waals surface area contributed by atoms with E-state index in [1.165, 1.54) is 0 Å². The van der Waals surface area contributed by atoms with Gasteiger partial charge in [0.1, 0.15) is 0 Å². The molecule has 0 heterocycles. The zero-order valence-electron chi connectivity index (χ0n) is 25.5. The molecule has 3 N–H and O–H groups in total. The number of unbranched alkanes of at least 4 members (excludes halogenated alkanes) is 6. The van der Waals surface area contributed by atoms with Crippen molar-refractivity contribution in [3.63, 3.8) is 0 Å². The summed E-state index contributed by atoms with van der Waals surface area (Å²) in [4.78, 5) is 27.2. The topological polar surface area (TPSA) is 167 Å². The van der Waals surface area contributed by atoms with Crippen molar-refractivity contribution in [1.29, 1.82) is 0 Å². The van der Waals surface area contributed by atoms with E-state index < -0.39 is 23.5 Å². The van der Waals surface area contributed by atoms with Crippen LogP contribution in [0.2, 0.25) is 0 Å². The van der Waals surface area contributed by atoms with Crippen LogP contribution in [0.25, 0.3) is 0 Å². The third-order valence-corrected chi connectivity index (χ3v) is 7.57. The number of hydrogen-bond acceptors (Lipinski definition) is 9. The van der Waals surface area contributed by atoms with Crippen LogP contribution in [0.3, 0.4) is 0 Å². The molecule has 245 valence electrons. The van der Waals surface area contributed by atoms with Gasteiger partial charge in [0.2, 0.25) is 0 Å². The minimum atomic E-state index is -3.75. The molecule has 0 aromatic carbocycles. The third-order valence-electron chi connectivity index (χ3n) is 4.51. The van der Waals surface area contributed by atoms with Gasteiger partial charge in [0.15, 0.2) is 0 Å². The Morgan fingerprint density at radius 3 is 0.600 bits per heavy atom. The van der Waals surface area contributed by atoms with E-state index in [9.17, 15) is 13.7 Å². The van der Waals surface area contributed by atoms with Gasteiger partial charge in [-0.15, -0.1) is 0 Å². The molecule has 0 bridgehead atoms. The van der Waals surface area contributed by atoms with Gasteiger partial charge in [0.05, 0.1) is 39.6 Å². The van der Waals surface area contributed by atoms with Crippen molar-refractivity contribution in [3.05, 3.63) is 0 Å². The summed E-state index contributed by atoms with van der Waals surface area (Å²) in [5, 5.41) is 0. The zero-order valence-corrected chi connectivity index (χ0v) is 29.6. The number of phosphoric acid groups is 3. The molecule has 16 heteroatoms. The fraction of sp³-hybridized carbons (Fsp3) is 1.00. The molecule has 0 amide bonds. The van der Waals surface area contributed by atoms with Crippen LogP contribution in [0.15, 0.2) is 0 Å². The first-order valence-corrected chi connectivity index (χ1v) is 18.7. The molecule has 0 fully saturated rings. The number of hydrogen-bond donors (Lipinski definition) is 3. The first-order chi connectivity index (χ1) is 18.4. The van der Waals surface area contributed by atoms with Gasteiger partial charge in [-0.1, -0.05) is 80.1 Å². The van der Waals surface area contributed by atoms with Gasteiger partial charge in [0, 0.05) is 18.6 Å². The van der Waals surface area contributed by atoms with E-state index in [4.69, 9.17) is 41.8 Å². The van der Waals surface area contributed by atoms with Crippen LogP contribution in [0.4, 0.5) is 0 Å². The fourth-order valence-corrected chi connectivity index (χ4v) is 4.44. The predicted octanol–water partition coefficient (Wildman–Crippen LogP) is 8.16. The van der Waals surface area contributed by atoms with Gasteiger partial charge in [-0.2, -0.15) is 0 Å². The summed E-state index contributed by atoms with van der Waals surface area (Å²) in [5.41, 5.74) is 0. The largest absolute Gasteiger partial charge is 0.472 e. The maximum absolute atomic E-state index is 11.1. The molecule has 40 heavy (non-hydrogen) atoms. The van der Waals surface area contributed by atoms with Gasteiger partial charge in [-0.3, -0.25) is 27.1 Å². The molecule has 0 rings (SSSR count). The summed E-state index contributed by atoms with van der Waals surface area (Å²) < 4.78 is 61.5. The third kappa shape index (κ3) is 41.1. The van der Waals surface area contributed by atoms with Crippen molar-refractivity contribution in [2.45, 2.75) is 119 Å². The quantitative estimate of drug-likeness (QED) is 0.0661. The Morgan fingerprint density at radius 2 is 0.500 bits per heavy atom. The summed E-state index contributed by atoms with van der Waals surface area (Å²) in [6.07, 6.45) is 10.3. The number of rotatable bonds is 24. The van der Waals surface area contributed by atoms with Crippen LogP contribution in [-0.2, 0) is 59.4 Å². The molecule has 0 aromatic rings. The van der Waals surface area contributed by atoms with E-state index in [0.717, 1.165) is 77.0 Å². The van der Waals surface area contributed by atoms with E-state index in [1.807, 2.05) is 41.5 Å². The van der Waals surface area contributed by atoms with E-state index >= 15 is 0 Å².